The highest BCUT2D eigenvalue weighted by Gasteiger charge is 2.09. The van der Waals surface area contributed by atoms with E-state index in [0.29, 0.717) is 5.82 Å². The normalized spacial score (nSPS) is 18.6. The highest BCUT2D eigenvalue weighted by Crippen LogP contribution is 2.24. The van der Waals surface area contributed by atoms with E-state index >= 15 is 0 Å². The Kier molecular flexibility index (Phi) is 0.929. The van der Waals surface area contributed by atoms with Crippen LogP contribution < -0.4 is 11.5 Å². The van der Waals surface area contributed by atoms with Gasteiger partial charge in [-0.1, -0.05) is 0 Å². The molecule has 0 aromatic heterocycles. The molecule has 0 heterocycles. The van der Waals surface area contributed by atoms with Gasteiger partial charge in [-0.2, -0.15) is 0 Å². The maximum atomic E-state index is 5.26. The van der Waals surface area contributed by atoms with Gasteiger partial charge in [0.15, 0.2) is 0 Å². The molecule has 1 rings (SSSR count). The predicted octanol–water partition coefficient (Wildman–Crippen LogP) is 0.299. The second-order valence-electron chi connectivity index (χ2n) is 1.91. The highest BCUT2D eigenvalue weighted by molar-refractivity contribution is 5.13. The van der Waals surface area contributed by atoms with E-state index in [0.717, 1.165) is 12.8 Å². The molecule has 0 unspecified atom stereocenters. The first-order valence-corrected chi connectivity index (χ1v) is 2.53. The Morgan fingerprint density at radius 3 is 1.86 bits per heavy atom. The molecule has 2 heteroatoms. The maximum Gasteiger partial charge on any atom is 0.0925 e. The fraction of sp³-hybridized carbons (Fsp3) is 0.600. The number of allylic oxidation sites excluding steroid dienone is 1. The molecule has 1 aliphatic carbocycles. The molecule has 2 nitrogen and oxygen atoms in total. The topological polar surface area (TPSA) is 52.0 Å². The maximum absolute atomic E-state index is 5.26. The fourth-order valence-corrected chi connectivity index (χ4v) is 0.642. The zero-order chi connectivity index (χ0) is 5.28. The molecule has 7 heavy (non-hydrogen) atoms. The van der Waals surface area contributed by atoms with E-state index in [-0.39, 0.29) is 0 Å². The molecule has 0 spiro atoms. The number of hydrogen-bond donors (Lipinski definition) is 2. The first-order chi connectivity index (χ1) is 3.30. The van der Waals surface area contributed by atoms with E-state index in [2.05, 4.69) is 0 Å². The second kappa shape index (κ2) is 1.45. The molecule has 0 radical (unpaired) electrons. The summed E-state index contributed by atoms with van der Waals surface area (Å²) in [4.78, 5) is 0. The summed E-state index contributed by atoms with van der Waals surface area (Å²) >= 11 is 0. The molecular formula is C5H10N2. The first kappa shape index (κ1) is 4.50. The van der Waals surface area contributed by atoms with E-state index in [1.54, 1.807) is 0 Å². The van der Waals surface area contributed by atoms with Crippen LogP contribution in [0.1, 0.15) is 19.3 Å². The van der Waals surface area contributed by atoms with Crippen molar-refractivity contribution in [2.24, 2.45) is 11.5 Å². The van der Waals surface area contributed by atoms with Gasteiger partial charge >= 0.3 is 0 Å². The van der Waals surface area contributed by atoms with E-state index < -0.39 is 0 Å². The lowest BCUT2D eigenvalue weighted by atomic mass is 9.93. The van der Waals surface area contributed by atoms with Gasteiger partial charge in [0.2, 0.25) is 0 Å². The van der Waals surface area contributed by atoms with Crippen molar-refractivity contribution in [3.8, 4) is 0 Å². The Balaban J connectivity index is 2.52. The number of hydrogen-bond acceptors (Lipinski definition) is 2. The third-order valence-corrected chi connectivity index (χ3v) is 1.37. The van der Waals surface area contributed by atoms with Crippen molar-refractivity contribution in [1.29, 1.82) is 0 Å². The largest absolute Gasteiger partial charge is 0.386 e. The van der Waals surface area contributed by atoms with Crippen molar-refractivity contribution in [3.05, 3.63) is 11.4 Å². The summed E-state index contributed by atoms with van der Waals surface area (Å²) in [6, 6.07) is 0. The summed E-state index contributed by atoms with van der Waals surface area (Å²) in [5, 5.41) is 0. The van der Waals surface area contributed by atoms with Crippen LogP contribution >= 0.6 is 0 Å². The van der Waals surface area contributed by atoms with Crippen LogP contribution in [0.3, 0.4) is 0 Å². The SMILES string of the molecule is NC(N)=C1CCC1. The van der Waals surface area contributed by atoms with Crippen LogP contribution in [0.2, 0.25) is 0 Å². The summed E-state index contributed by atoms with van der Waals surface area (Å²) in [5.74, 6) is 0.547. The minimum atomic E-state index is 0.547. The molecule has 1 aliphatic rings. The molecular weight excluding hydrogens is 88.1 g/mol. The zero-order valence-electron chi connectivity index (χ0n) is 4.28. The van der Waals surface area contributed by atoms with Gasteiger partial charge in [-0.25, -0.2) is 0 Å². The Morgan fingerprint density at radius 2 is 1.86 bits per heavy atom. The van der Waals surface area contributed by atoms with Gasteiger partial charge in [-0.3, -0.25) is 0 Å². The molecule has 1 saturated carbocycles. The van der Waals surface area contributed by atoms with Crippen molar-refractivity contribution < 1.29 is 0 Å². The van der Waals surface area contributed by atoms with Crippen LogP contribution in [-0.2, 0) is 0 Å². The van der Waals surface area contributed by atoms with E-state index in [9.17, 15) is 0 Å². The zero-order valence-corrected chi connectivity index (χ0v) is 4.28. The molecule has 0 atom stereocenters. The van der Waals surface area contributed by atoms with Crippen LogP contribution in [0.15, 0.2) is 11.4 Å². The van der Waals surface area contributed by atoms with Gasteiger partial charge < -0.3 is 11.5 Å². The summed E-state index contributed by atoms with van der Waals surface area (Å²) < 4.78 is 0. The van der Waals surface area contributed by atoms with Gasteiger partial charge in [0.1, 0.15) is 0 Å². The van der Waals surface area contributed by atoms with Crippen LogP contribution in [0, 0.1) is 0 Å². The second-order valence-corrected chi connectivity index (χ2v) is 1.91. The molecule has 40 valence electrons. The van der Waals surface area contributed by atoms with Gasteiger partial charge in [-0.05, 0) is 24.8 Å². The van der Waals surface area contributed by atoms with E-state index in [1.807, 2.05) is 0 Å². The average Bonchev–Trinajstić information content (AvgIpc) is 1.23. The van der Waals surface area contributed by atoms with Gasteiger partial charge in [0, 0.05) is 0 Å². The van der Waals surface area contributed by atoms with Gasteiger partial charge in [0.25, 0.3) is 0 Å². The third-order valence-electron chi connectivity index (χ3n) is 1.37. The Bertz CT molecular complexity index is 94.6. The average molecular weight is 98.1 g/mol. The molecule has 0 bridgehead atoms. The third kappa shape index (κ3) is 0.683. The molecule has 4 N–H and O–H groups in total. The van der Waals surface area contributed by atoms with Gasteiger partial charge in [0.05, 0.1) is 5.82 Å². The Hall–Kier alpha value is -0.660. The monoisotopic (exact) mass is 98.1 g/mol. The Morgan fingerprint density at radius 1 is 1.29 bits per heavy atom. The summed E-state index contributed by atoms with van der Waals surface area (Å²) in [6.07, 6.45) is 3.53. The van der Waals surface area contributed by atoms with Crippen LogP contribution in [0.4, 0.5) is 0 Å². The molecule has 1 fully saturated rings. The lowest BCUT2D eigenvalue weighted by molar-refractivity contribution is 0.646. The van der Waals surface area contributed by atoms with Crippen molar-refractivity contribution >= 4 is 0 Å². The highest BCUT2D eigenvalue weighted by atomic mass is 14.8. The summed E-state index contributed by atoms with van der Waals surface area (Å²) in [7, 11) is 0. The van der Waals surface area contributed by atoms with Crippen LogP contribution in [-0.4, -0.2) is 0 Å². The summed E-state index contributed by atoms with van der Waals surface area (Å²) in [5.41, 5.74) is 11.8. The predicted molar refractivity (Wildman–Crippen MR) is 29.3 cm³/mol. The minimum Gasteiger partial charge on any atom is -0.386 e. The molecule has 0 amide bonds. The molecule has 0 aliphatic heterocycles. The standard InChI is InChI=1S/C5H10N2/c6-5(7)4-2-1-3-4/h1-3,6-7H2. The first-order valence-electron chi connectivity index (χ1n) is 2.53. The van der Waals surface area contributed by atoms with Crippen molar-refractivity contribution in [2.45, 2.75) is 19.3 Å². The lowest BCUT2D eigenvalue weighted by Gasteiger charge is -2.16. The lowest BCUT2D eigenvalue weighted by Crippen LogP contribution is -2.15. The minimum absolute atomic E-state index is 0.547. The quantitative estimate of drug-likeness (QED) is 0.458. The molecule has 0 saturated heterocycles. The van der Waals surface area contributed by atoms with Crippen molar-refractivity contribution in [2.75, 3.05) is 0 Å². The van der Waals surface area contributed by atoms with E-state index in [4.69, 9.17) is 11.5 Å². The van der Waals surface area contributed by atoms with Gasteiger partial charge in [-0.15, -0.1) is 0 Å². The van der Waals surface area contributed by atoms with Crippen molar-refractivity contribution in [3.63, 3.8) is 0 Å². The van der Waals surface area contributed by atoms with Crippen LogP contribution in [0.5, 0.6) is 0 Å². The Labute approximate surface area is 43.2 Å². The molecule has 0 aromatic rings. The number of nitrogens with two attached hydrogens (primary N) is 2. The summed E-state index contributed by atoms with van der Waals surface area (Å²) in [6.45, 7) is 0. The fourth-order valence-electron chi connectivity index (χ4n) is 0.642. The molecule has 0 aromatic carbocycles. The van der Waals surface area contributed by atoms with Crippen molar-refractivity contribution in [1.82, 2.24) is 0 Å². The van der Waals surface area contributed by atoms with E-state index in [1.165, 1.54) is 12.0 Å². The van der Waals surface area contributed by atoms with Crippen LogP contribution in [0.25, 0.3) is 0 Å². The smallest absolute Gasteiger partial charge is 0.0925 e. The number of rotatable bonds is 0.